The average molecular weight is 294 g/mol. The molecule has 4 rings (SSSR count). The molecule has 1 amide bonds. The zero-order chi connectivity index (χ0) is 15.7. The van der Waals surface area contributed by atoms with Gasteiger partial charge in [-0.25, -0.2) is 0 Å². The van der Waals surface area contributed by atoms with Crippen LogP contribution < -0.4 is 5.73 Å². The number of rotatable bonds is 1. The smallest absolute Gasteiger partial charge is 0.254 e. The minimum absolute atomic E-state index is 0.0314. The van der Waals surface area contributed by atoms with Crippen molar-refractivity contribution in [3.8, 4) is 0 Å². The molecule has 0 radical (unpaired) electrons. The summed E-state index contributed by atoms with van der Waals surface area (Å²) in [7, 11) is 0. The Hall–Kier alpha value is -2.03. The average Bonchev–Trinajstić information content (AvgIpc) is 2.38. The van der Waals surface area contributed by atoms with Gasteiger partial charge in [0.15, 0.2) is 0 Å². The quantitative estimate of drug-likeness (QED) is 0.369. The SMILES string of the molecule is CC1OC2CC(O)C1(O)C1=C2C(O)=C(C(N)=O)C(=N)C1=O. The van der Waals surface area contributed by atoms with Gasteiger partial charge in [-0.2, -0.15) is 0 Å². The standard InChI is InChI=1S/C13H14N2O6/c1-3-13(20)5(16)2-4(21-3)6-8(13)11(18)9(14)7(10(6)17)12(15)19/h3-5,14,16-17,20H,2H2,1H3,(H2,15,19). The molecule has 0 aromatic rings. The summed E-state index contributed by atoms with van der Waals surface area (Å²) in [6.07, 6.45) is -3.02. The lowest BCUT2D eigenvalue weighted by atomic mass is 9.65. The Morgan fingerprint density at radius 2 is 2.14 bits per heavy atom. The van der Waals surface area contributed by atoms with E-state index >= 15 is 0 Å². The Balaban J connectivity index is 2.33. The summed E-state index contributed by atoms with van der Waals surface area (Å²) in [5.74, 6) is -2.68. The number of amides is 1. The summed E-state index contributed by atoms with van der Waals surface area (Å²) >= 11 is 0. The Labute approximate surface area is 119 Å². The molecule has 8 heteroatoms. The molecule has 4 atom stereocenters. The number of aliphatic hydroxyl groups excluding tert-OH is 2. The highest BCUT2D eigenvalue weighted by atomic mass is 16.5. The van der Waals surface area contributed by atoms with Crippen LogP contribution in [-0.2, 0) is 14.3 Å². The molecule has 4 unspecified atom stereocenters. The molecule has 4 aliphatic rings. The Kier molecular flexibility index (Phi) is 2.65. The third-order valence-electron chi connectivity index (χ3n) is 4.37. The third kappa shape index (κ3) is 1.46. The second-order valence-corrected chi connectivity index (χ2v) is 5.42. The second-order valence-electron chi connectivity index (χ2n) is 5.42. The first-order valence-electron chi connectivity index (χ1n) is 6.38. The van der Waals surface area contributed by atoms with Crippen molar-refractivity contribution in [2.45, 2.75) is 37.3 Å². The predicted molar refractivity (Wildman–Crippen MR) is 68.5 cm³/mol. The number of ketones is 1. The highest BCUT2D eigenvalue weighted by molar-refractivity contribution is 6.56. The maximum absolute atomic E-state index is 12.3. The van der Waals surface area contributed by atoms with E-state index in [2.05, 4.69) is 0 Å². The summed E-state index contributed by atoms with van der Waals surface area (Å²) in [4.78, 5) is 23.7. The summed E-state index contributed by atoms with van der Waals surface area (Å²) in [5.41, 5.74) is 1.34. The fourth-order valence-corrected chi connectivity index (χ4v) is 3.30. The molecule has 6 N–H and O–H groups in total. The summed E-state index contributed by atoms with van der Waals surface area (Å²) < 4.78 is 5.47. The van der Waals surface area contributed by atoms with E-state index in [1.807, 2.05) is 0 Å². The first-order valence-corrected chi connectivity index (χ1v) is 6.38. The minimum Gasteiger partial charge on any atom is -0.507 e. The number of carbonyl (C=O) groups excluding carboxylic acids is 2. The van der Waals surface area contributed by atoms with Crippen LogP contribution in [0.15, 0.2) is 22.5 Å². The molecule has 1 fully saturated rings. The van der Waals surface area contributed by atoms with Crippen molar-refractivity contribution in [3.05, 3.63) is 22.5 Å². The molecule has 0 saturated carbocycles. The minimum atomic E-state index is -2.02. The van der Waals surface area contributed by atoms with E-state index in [-0.39, 0.29) is 17.6 Å². The molecule has 2 aliphatic carbocycles. The van der Waals surface area contributed by atoms with Gasteiger partial charge >= 0.3 is 0 Å². The van der Waals surface area contributed by atoms with Crippen LogP contribution in [0, 0.1) is 5.41 Å². The number of Topliss-reactive ketones (excluding diaryl/α,β-unsaturated/α-hetero) is 1. The molecular formula is C13H14N2O6. The van der Waals surface area contributed by atoms with Crippen LogP contribution in [0.1, 0.15) is 13.3 Å². The second kappa shape index (κ2) is 4.00. The molecule has 21 heavy (non-hydrogen) atoms. The Morgan fingerprint density at radius 3 is 2.67 bits per heavy atom. The molecule has 8 nitrogen and oxygen atoms in total. The van der Waals surface area contributed by atoms with Crippen molar-refractivity contribution >= 4 is 17.4 Å². The van der Waals surface area contributed by atoms with E-state index in [0.717, 1.165) is 0 Å². The third-order valence-corrected chi connectivity index (χ3v) is 4.37. The molecule has 0 aromatic heterocycles. The molecule has 1 saturated heterocycles. The Bertz CT molecular complexity index is 650. The highest BCUT2D eigenvalue weighted by Crippen LogP contribution is 2.49. The number of fused-ring (bicyclic) bond motifs is 2. The van der Waals surface area contributed by atoms with Crippen molar-refractivity contribution in [1.82, 2.24) is 0 Å². The van der Waals surface area contributed by atoms with Crippen LogP contribution in [0.2, 0.25) is 0 Å². The molecule has 0 spiro atoms. The fraction of sp³-hybridized carbons (Fsp3) is 0.462. The van der Waals surface area contributed by atoms with Gasteiger partial charge in [0.2, 0.25) is 5.78 Å². The van der Waals surface area contributed by atoms with Gasteiger partial charge < -0.3 is 25.8 Å². The molecular weight excluding hydrogens is 280 g/mol. The van der Waals surface area contributed by atoms with Gasteiger partial charge in [0, 0.05) is 17.6 Å². The predicted octanol–water partition coefficient (Wildman–Crippen LogP) is -1.53. The van der Waals surface area contributed by atoms with Crippen molar-refractivity contribution in [1.29, 1.82) is 5.41 Å². The van der Waals surface area contributed by atoms with Gasteiger partial charge in [0.25, 0.3) is 5.91 Å². The van der Waals surface area contributed by atoms with Crippen LogP contribution in [-0.4, -0.2) is 56.6 Å². The van der Waals surface area contributed by atoms with Gasteiger partial charge in [0.05, 0.1) is 18.3 Å². The van der Waals surface area contributed by atoms with Gasteiger partial charge in [-0.3, -0.25) is 15.0 Å². The van der Waals surface area contributed by atoms with Crippen LogP contribution in [0.4, 0.5) is 0 Å². The molecule has 112 valence electrons. The van der Waals surface area contributed by atoms with Crippen LogP contribution in [0.25, 0.3) is 0 Å². The molecule has 2 heterocycles. The molecule has 2 aliphatic heterocycles. The number of ether oxygens (including phenoxy) is 1. The van der Waals surface area contributed by atoms with E-state index in [1.54, 1.807) is 0 Å². The van der Waals surface area contributed by atoms with Crippen LogP contribution in [0.5, 0.6) is 0 Å². The largest absolute Gasteiger partial charge is 0.507 e. The summed E-state index contributed by atoms with van der Waals surface area (Å²) in [6.45, 7) is 1.49. The number of primary amides is 1. The number of nitrogens with two attached hydrogens (primary N) is 1. The van der Waals surface area contributed by atoms with E-state index in [1.165, 1.54) is 6.92 Å². The van der Waals surface area contributed by atoms with Crippen molar-refractivity contribution in [3.63, 3.8) is 0 Å². The maximum Gasteiger partial charge on any atom is 0.254 e. The van der Waals surface area contributed by atoms with Gasteiger partial charge in [-0.1, -0.05) is 0 Å². The topological polar surface area (TPSA) is 154 Å². The number of hydrogen-bond donors (Lipinski definition) is 5. The lowest BCUT2D eigenvalue weighted by Crippen LogP contribution is -2.66. The zero-order valence-electron chi connectivity index (χ0n) is 11.1. The number of hydrogen-bond acceptors (Lipinski definition) is 7. The molecule has 2 bridgehead atoms. The monoisotopic (exact) mass is 294 g/mol. The van der Waals surface area contributed by atoms with E-state index in [4.69, 9.17) is 15.9 Å². The highest BCUT2D eigenvalue weighted by Gasteiger charge is 2.61. The normalized spacial score (nSPS) is 38.9. The van der Waals surface area contributed by atoms with Crippen LogP contribution >= 0.6 is 0 Å². The Morgan fingerprint density at radius 1 is 1.52 bits per heavy atom. The maximum atomic E-state index is 12.3. The van der Waals surface area contributed by atoms with Gasteiger partial charge in [-0.05, 0) is 6.92 Å². The molecule has 0 aromatic carbocycles. The van der Waals surface area contributed by atoms with Gasteiger partial charge in [-0.15, -0.1) is 0 Å². The van der Waals surface area contributed by atoms with Crippen molar-refractivity contribution in [2.24, 2.45) is 5.73 Å². The van der Waals surface area contributed by atoms with Gasteiger partial charge in [0.1, 0.15) is 22.6 Å². The van der Waals surface area contributed by atoms with E-state index in [9.17, 15) is 24.9 Å². The number of nitrogens with one attached hydrogen (secondary N) is 1. The lowest BCUT2D eigenvalue weighted by molar-refractivity contribution is -0.211. The fourth-order valence-electron chi connectivity index (χ4n) is 3.30. The lowest BCUT2D eigenvalue weighted by Gasteiger charge is -2.52. The van der Waals surface area contributed by atoms with Crippen molar-refractivity contribution in [2.75, 3.05) is 0 Å². The van der Waals surface area contributed by atoms with E-state index < -0.39 is 52.6 Å². The van der Waals surface area contributed by atoms with E-state index in [0.29, 0.717) is 0 Å². The summed E-state index contributed by atoms with van der Waals surface area (Å²) in [5, 5.41) is 38.6. The summed E-state index contributed by atoms with van der Waals surface area (Å²) in [6, 6.07) is 0. The first kappa shape index (κ1) is 13.9. The zero-order valence-corrected chi connectivity index (χ0v) is 11.1. The van der Waals surface area contributed by atoms with Crippen molar-refractivity contribution < 1.29 is 29.6 Å². The number of carbonyl (C=O) groups is 2. The number of aliphatic hydroxyl groups is 3. The van der Waals surface area contributed by atoms with Crippen LogP contribution in [0.3, 0.4) is 0 Å². The first-order chi connectivity index (χ1) is 9.71.